The Labute approximate surface area is 121 Å². The van der Waals surface area contributed by atoms with Crippen molar-refractivity contribution in [2.24, 2.45) is 17.8 Å². The molecule has 3 rings (SSSR count). The van der Waals surface area contributed by atoms with Gasteiger partial charge in [-0.05, 0) is 50.4 Å². The predicted octanol–water partition coefficient (Wildman–Crippen LogP) is 1.94. The summed E-state index contributed by atoms with van der Waals surface area (Å²) in [5, 5.41) is 3.02. The van der Waals surface area contributed by atoms with Gasteiger partial charge in [-0.1, -0.05) is 13.8 Å². The molecule has 4 unspecified atom stereocenters. The number of hydrogen-bond donors (Lipinski definition) is 1. The van der Waals surface area contributed by atoms with Gasteiger partial charge in [0, 0.05) is 19.0 Å². The zero-order valence-corrected chi connectivity index (χ0v) is 12.8. The number of carbonyl (C=O) groups is 2. The van der Waals surface area contributed by atoms with E-state index in [0.717, 1.165) is 19.3 Å². The molecule has 0 aromatic rings. The molecular formula is C16H26N2O2. The lowest BCUT2D eigenvalue weighted by Gasteiger charge is -2.37. The number of rotatable bonds is 2. The van der Waals surface area contributed by atoms with Gasteiger partial charge in [0.15, 0.2) is 0 Å². The van der Waals surface area contributed by atoms with Gasteiger partial charge in [-0.25, -0.2) is 0 Å². The fourth-order valence-electron chi connectivity index (χ4n) is 4.06. The molecule has 3 aliphatic rings. The Hall–Kier alpha value is -1.06. The summed E-state index contributed by atoms with van der Waals surface area (Å²) in [6.07, 6.45) is 4.85. The lowest BCUT2D eigenvalue weighted by Crippen LogP contribution is -2.58. The Kier molecular flexibility index (Phi) is 3.30. The van der Waals surface area contributed by atoms with Crippen LogP contribution in [-0.2, 0) is 9.59 Å². The molecule has 2 saturated carbocycles. The van der Waals surface area contributed by atoms with E-state index < -0.39 is 5.54 Å². The lowest BCUT2D eigenvalue weighted by molar-refractivity contribution is -0.141. The third-order valence-corrected chi connectivity index (χ3v) is 5.90. The Bertz CT molecular complexity index is 432. The molecule has 20 heavy (non-hydrogen) atoms. The molecule has 112 valence electrons. The van der Waals surface area contributed by atoms with Crippen LogP contribution in [0.1, 0.15) is 52.9 Å². The molecule has 3 fully saturated rings. The minimum absolute atomic E-state index is 0.0361. The third kappa shape index (κ3) is 2.13. The van der Waals surface area contributed by atoms with Crippen molar-refractivity contribution in [1.29, 1.82) is 0 Å². The van der Waals surface area contributed by atoms with Crippen LogP contribution < -0.4 is 5.32 Å². The van der Waals surface area contributed by atoms with Crippen molar-refractivity contribution >= 4 is 11.8 Å². The van der Waals surface area contributed by atoms with Gasteiger partial charge in [-0.2, -0.15) is 0 Å². The quantitative estimate of drug-likeness (QED) is 0.839. The lowest BCUT2D eigenvalue weighted by atomic mass is 9.91. The van der Waals surface area contributed by atoms with Gasteiger partial charge in [0.1, 0.15) is 5.54 Å². The van der Waals surface area contributed by atoms with E-state index in [9.17, 15) is 9.59 Å². The van der Waals surface area contributed by atoms with E-state index in [1.165, 1.54) is 6.42 Å². The largest absolute Gasteiger partial charge is 0.342 e. The van der Waals surface area contributed by atoms with Gasteiger partial charge >= 0.3 is 0 Å². The van der Waals surface area contributed by atoms with Crippen LogP contribution in [0.5, 0.6) is 0 Å². The average molecular weight is 278 g/mol. The maximum Gasteiger partial charge on any atom is 0.248 e. The van der Waals surface area contributed by atoms with Crippen molar-refractivity contribution in [2.45, 2.75) is 64.5 Å². The molecule has 0 aromatic heterocycles. The molecular weight excluding hydrogens is 252 g/mol. The number of nitrogens with one attached hydrogen (secondary N) is 1. The number of carbonyl (C=O) groups excluding carboxylic acids is 2. The molecule has 4 atom stereocenters. The van der Waals surface area contributed by atoms with Crippen LogP contribution >= 0.6 is 0 Å². The van der Waals surface area contributed by atoms with E-state index in [4.69, 9.17) is 0 Å². The van der Waals surface area contributed by atoms with Crippen molar-refractivity contribution in [2.75, 3.05) is 6.54 Å². The first-order valence-electron chi connectivity index (χ1n) is 8.05. The summed E-state index contributed by atoms with van der Waals surface area (Å²) in [6, 6.07) is 0.322. The molecule has 1 N–H and O–H groups in total. The molecule has 1 saturated heterocycles. The molecule has 1 heterocycles. The first-order chi connectivity index (χ1) is 9.43. The van der Waals surface area contributed by atoms with Crippen molar-refractivity contribution < 1.29 is 9.59 Å². The van der Waals surface area contributed by atoms with Gasteiger partial charge in [-0.15, -0.1) is 0 Å². The number of amides is 2. The van der Waals surface area contributed by atoms with E-state index in [-0.39, 0.29) is 11.8 Å². The number of nitrogens with zero attached hydrogens (tertiary/aromatic N) is 1. The highest BCUT2D eigenvalue weighted by Gasteiger charge is 2.53. The minimum atomic E-state index is -0.654. The van der Waals surface area contributed by atoms with Crippen LogP contribution in [0.3, 0.4) is 0 Å². The fourth-order valence-corrected chi connectivity index (χ4v) is 4.06. The number of hydrogen-bond acceptors (Lipinski definition) is 2. The van der Waals surface area contributed by atoms with Crippen LogP contribution in [0.25, 0.3) is 0 Å². The summed E-state index contributed by atoms with van der Waals surface area (Å²) >= 11 is 0. The SMILES string of the molecule is CC1CCC(N2CCC(=O)NC(C)(C3CC3)C2=O)C1C. The van der Waals surface area contributed by atoms with E-state index in [2.05, 4.69) is 19.2 Å². The normalized spacial score (nSPS) is 42.5. The van der Waals surface area contributed by atoms with Crippen LogP contribution in [0.2, 0.25) is 0 Å². The van der Waals surface area contributed by atoms with E-state index in [0.29, 0.717) is 36.8 Å². The second kappa shape index (κ2) is 4.74. The maximum absolute atomic E-state index is 13.0. The molecule has 4 nitrogen and oxygen atoms in total. The second-order valence-corrected chi connectivity index (χ2v) is 7.25. The monoisotopic (exact) mass is 278 g/mol. The predicted molar refractivity (Wildman–Crippen MR) is 77.0 cm³/mol. The summed E-state index contributed by atoms with van der Waals surface area (Å²) in [5.74, 6) is 1.75. The molecule has 0 radical (unpaired) electrons. The fraction of sp³-hybridized carbons (Fsp3) is 0.875. The Morgan fingerprint density at radius 1 is 1.15 bits per heavy atom. The zero-order valence-electron chi connectivity index (χ0n) is 12.8. The summed E-state index contributed by atoms with van der Waals surface area (Å²) in [7, 11) is 0. The molecule has 0 bridgehead atoms. The molecule has 2 aliphatic carbocycles. The Morgan fingerprint density at radius 3 is 2.40 bits per heavy atom. The van der Waals surface area contributed by atoms with Crippen molar-refractivity contribution in [3.8, 4) is 0 Å². The van der Waals surface area contributed by atoms with Crippen LogP contribution in [0, 0.1) is 17.8 Å². The highest BCUT2D eigenvalue weighted by molar-refractivity contribution is 5.94. The molecule has 2 amide bonds. The van der Waals surface area contributed by atoms with Crippen LogP contribution in [0.4, 0.5) is 0 Å². The van der Waals surface area contributed by atoms with Crippen molar-refractivity contribution in [3.05, 3.63) is 0 Å². The third-order valence-electron chi connectivity index (χ3n) is 5.90. The maximum atomic E-state index is 13.0. The van der Waals surface area contributed by atoms with E-state index >= 15 is 0 Å². The van der Waals surface area contributed by atoms with E-state index in [1.54, 1.807) is 0 Å². The van der Waals surface area contributed by atoms with Gasteiger partial charge < -0.3 is 10.2 Å². The Morgan fingerprint density at radius 2 is 1.85 bits per heavy atom. The summed E-state index contributed by atoms with van der Waals surface area (Å²) in [5.41, 5.74) is -0.654. The van der Waals surface area contributed by atoms with E-state index in [1.807, 2.05) is 11.8 Å². The first-order valence-corrected chi connectivity index (χ1v) is 8.05. The first kappa shape index (κ1) is 13.9. The highest BCUT2D eigenvalue weighted by Crippen LogP contribution is 2.43. The highest BCUT2D eigenvalue weighted by atomic mass is 16.2. The average Bonchev–Trinajstić information content (AvgIpc) is 3.20. The topological polar surface area (TPSA) is 49.4 Å². The van der Waals surface area contributed by atoms with Crippen LogP contribution in [-0.4, -0.2) is 34.8 Å². The summed E-state index contributed by atoms with van der Waals surface area (Å²) in [4.78, 5) is 27.1. The summed E-state index contributed by atoms with van der Waals surface area (Å²) in [6.45, 7) is 7.06. The molecule has 0 aromatic carbocycles. The van der Waals surface area contributed by atoms with Crippen LogP contribution in [0.15, 0.2) is 0 Å². The zero-order chi connectivity index (χ0) is 14.5. The smallest absolute Gasteiger partial charge is 0.248 e. The van der Waals surface area contributed by atoms with Gasteiger partial charge in [0.05, 0.1) is 0 Å². The standard InChI is InChI=1S/C16H26N2O2/c1-10-4-7-13(11(10)2)18-9-8-14(19)17-16(3,15(18)20)12-5-6-12/h10-13H,4-9H2,1-3H3,(H,17,19). The second-order valence-electron chi connectivity index (χ2n) is 7.25. The Balaban J connectivity index is 1.86. The molecule has 0 spiro atoms. The van der Waals surface area contributed by atoms with Crippen molar-refractivity contribution in [1.82, 2.24) is 10.2 Å². The van der Waals surface area contributed by atoms with Gasteiger partial charge in [-0.3, -0.25) is 9.59 Å². The van der Waals surface area contributed by atoms with Gasteiger partial charge in [0.25, 0.3) is 0 Å². The van der Waals surface area contributed by atoms with Gasteiger partial charge in [0.2, 0.25) is 11.8 Å². The minimum Gasteiger partial charge on any atom is -0.342 e. The molecule has 4 heteroatoms. The molecule has 1 aliphatic heterocycles. The summed E-state index contributed by atoms with van der Waals surface area (Å²) < 4.78 is 0. The van der Waals surface area contributed by atoms with Crippen molar-refractivity contribution in [3.63, 3.8) is 0 Å².